The fourth-order valence-electron chi connectivity index (χ4n) is 0.922. The fraction of sp³-hybridized carbons (Fsp3) is 0.750. The standard InChI is InChI=1S/C8H18N4O2/c1-2-14-7(13)6(9)4-3-5-12-8(10)11/h6H,2-5,9H2,1H3,(H4,10,11,12)/p+1/t6-/m1/s1. The number of carbonyl (C=O) groups excluding carboxylic acids is 1. The first-order valence-corrected chi connectivity index (χ1v) is 4.62. The lowest BCUT2D eigenvalue weighted by molar-refractivity contribution is -0.459. The Morgan fingerprint density at radius 3 is 2.64 bits per heavy atom. The molecule has 0 saturated heterocycles. The van der Waals surface area contributed by atoms with Crippen LogP contribution in [0.2, 0.25) is 0 Å². The lowest BCUT2D eigenvalue weighted by atomic mass is 10.2. The van der Waals surface area contributed by atoms with E-state index >= 15 is 0 Å². The minimum atomic E-state index is -0.559. The summed E-state index contributed by atoms with van der Waals surface area (Å²) in [6, 6.07) is -0.559. The van der Waals surface area contributed by atoms with E-state index in [4.69, 9.17) is 21.9 Å². The van der Waals surface area contributed by atoms with Gasteiger partial charge in [0, 0.05) is 0 Å². The quantitative estimate of drug-likeness (QED) is 0.159. The molecule has 0 aliphatic rings. The Morgan fingerprint density at radius 1 is 1.50 bits per heavy atom. The van der Waals surface area contributed by atoms with Crippen LogP contribution in [0.1, 0.15) is 19.8 Å². The number of carbonyl (C=O) groups is 1. The highest BCUT2D eigenvalue weighted by atomic mass is 16.5. The van der Waals surface area contributed by atoms with Crippen LogP contribution in [-0.2, 0) is 9.53 Å². The van der Waals surface area contributed by atoms with Crippen LogP contribution in [0.25, 0.3) is 0 Å². The van der Waals surface area contributed by atoms with Crippen molar-refractivity contribution in [1.29, 1.82) is 0 Å². The number of rotatable bonds is 6. The normalized spacial score (nSPS) is 11.9. The number of guanidine groups is 1. The summed E-state index contributed by atoms with van der Waals surface area (Å²) >= 11 is 0. The zero-order chi connectivity index (χ0) is 11.0. The van der Waals surface area contributed by atoms with Crippen molar-refractivity contribution in [3.8, 4) is 0 Å². The highest BCUT2D eigenvalue weighted by Gasteiger charge is 2.13. The minimum Gasteiger partial charge on any atom is -0.465 e. The Labute approximate surface area is 83.5 Å². The second kappa shape index (κ2) is 7.14. The van der Waals surface area contributed by atoms with Gasteiger partial charge in [0.25, 0.3) is 0 Å². The molecule has 7 N–H and O–H groups in total. The Bertz CT molecular complexity index is 202. The van der Waals surface area contributed by atoms with E-state index in [0.29, 0.717) is 19.6 Å². The molecule has 0 heterocycles. The predicted molar refractivity (Wildman–Crippen MR) is 53.1 cm³/mol. The molecule has 0 aromatic heterocycles. The number of nitrogens with two attached hydrogens (primary N) is 3. The number of esters is 1. The average Bonchev–Trinajstić information content (AvgIpc) is 2.12. The van der Waals surface area contributed by atoms with Gasteiger partial charge in [-0.05, 0) is 19.8 Å². The molecule has 0 rings (SSSR count). The summed E-state index contributed by atoms with van der Waals surface area (Å²) in [5.74, 6) is -0.188. The van der Waals surface area contributed by atoms with E-state index in [0.717, 1.165) is 6.42 Å². The summed E-state index contributed by atoms with van der Waals surface area (Å²) in [7, 11) is 0. The first-order valence-electron chi connectivity index (χ1n) is 4.62. The SMILES string of the molecule is CCOC(=O)[C@H](N)CCC[NH+]=C(N)N. The van der Waals surface area contributed by atoms with Gasteiger partial charge < -0.3 is 10.5 Å². The third-order valence-corrected chi connectivity index (χ3v) is 1.61. The van der Waals surface area contributed by atoms with E-state index in [1.807, 2.05) is 0 Å². The highest BCUT2D eigenvalue weighted by molar-refractivity contribution is 5.75. The maximum Gasteiger partial charge on any atom is 0.338 e. The summed E-state index contributed by atoms with van der Waals surface area (Å²) in [5.41, 5.74) is 15.9. The van der Waals surface area contributed by atoms with E-state index in [9.17, 15) is 4.79 Å². The van der Waals surface area contributed by atoms with E-state index in [2.05, 4.69) is 4.99 Å². The van der Waals surface area contributed by atoms with Crippen molar-refractivity contribution in [1.82, 2.24) is 0 Å². The number of nitrogens with one attached hydrogen (secondary N) is 1. The first-order chi connectivity index (χ1) is 6.57. The zero-order valence-electron chi connectivity index (χ0n) is 8.45. The lowest BCUT2D eigenvalue weighted by Gasteiger charge is -2.08. The average molecular weight is 203 g/mol. The monoisotopic (exact) mass is 203 g/mol. The molecule has 1 atom stereocenters. The van der Waals surface area contributed by atoms with Crippen LogP contribution in [0.3, 0.4) is 0 Å². The molecule has 0 spiro atoms. The molecule has 0 fully saturated rings. The van der Waals surface area contributed by atoms with Crippen molar-refractivity contribution in [3.63, 3.8) is 0 Å². The maximum absolute atomic E-state index is 11.0. The molecular weight excluding hydrogens is 184 g/mol. The Kier molecular flexibility index (Phi) is 6.47. The van der Waals surface area contributed by atoms with Gasteiger partial charge in [0.15, 0.2) is 0 Å². The molecule has 0 unspecified atom stereocenters. The third kappa shape index (κ3) is 6.24. The van der Waals surface area contributed by atoms with Crippen molar-refractivity contribution < 1.29 is 14.5 Å². The Hall–Kier alpha value is -1.30. The smallest absolute Gasteiger partial charge is 0.338 e. The largest absolute Gasteiger partial charge is 0.465 e. The van der Waals surface area contributed by atoms with E-state index in [1.54, 1.807) is 6.92 Å². The van der Waals surface area contributed by atoms with E-state index < -0.39 is 6.04 Å². The van der Waals surface area contributed by atoms with Crippen LogP contribution in [-0.4, -0.2) is 31.1 Å². The van der Waals surface area contributed by atoms with Crippen molar-refractivity contribution in [2.24, 2.45) is 17.2 Å². The lowest BCUT2D eigenvalue weighted by Crippen LogP contribution is -2.78. The third-order valence-electron chi connectivity index (χ3n) is 1.61. The number of hydrogen-bond acceptors (Lipinski definition) is 3. The Balaban J connectivity index is 3.58. The van der Waals surface area contributed by atoms with Crippen LogP contribution >= 0.6 is 0 Å². The molecule has 0 aromatic rings. The summed E-state index contributed by atoms with van der Waals surface area (Å²) in [6.45, 7) is 2.71. The van der Waals surface area contributed by atoms with Crippen LogP contribution in [0.15, 0.2) is 0 Å². The molecule has 0 amide bonds. The molecule has 0 radical (unpaired) electrons. The highest BCUT2D eigenvalue weighted by Crippen LogP contribution is 1.94. The molecule has 6 nitrogen and oxygen atoms in total. The molecule has 0 aliphatic heterocycles. The van der Waals surface area contributed by atoms with Crippen molar-refractivity contribution in [2.75, 3.05) is 13.2 Å². The summed E-state index contributed by atoms with van der Waals surface area (Å²) in [4.78, 5) is 13.8. The van der Waals surface area contributed by atoms with Gasteiger partial charge in [0.05, 0.1) is 13.2 Å². The van der Waals surface area contributed by atoms with Crippen molar-refractivity contribution >= 4 is 11.9 Å². The van der Waals surface area contributed by atoms with Crippen LogP contribution in [0.5, 0.6) is 0 Å². The summed E-state index contributed by atoms with van der Waals surface area (Å²) in [5, 5.41) is 0. The van der Waals surface area contributed by atoms with Gasteiger partial charge in [-0.2, -0.15) is 0 Å². The van der Waals surface area contributed by atoms with Gasteiger partial charge in [-0.15, -0.1) is 0 Å². The van der Waals surface area contributed by atoms with Crippen LogP contribution in [0, 0.1) is 0 Å². The van der Waals surface area contributed by atoms with Crippen molar-refractivity contribution in [2.45, 2.75) is 25.8 Å². The van der Waals surface area contributed by atoms with Crippen LogP contribution in [0.4, 0.5) is 0 Å². The molecule has 14 heavy (non-hydrogen) atoms. The van der Waals surface area contributed by atoms with Gasteiger partial charge >= 0.3 is 11.9 Å². The van der Waals surface area contributed by atoms with Gasteiger partial charge in [-0.25, -0.2) is 0 Å². The van der Waals surface area contributed by atoms with E-state index in [1.165, 1.54) is 0 Å². The summed E-state index contributed by atoms with van der Waals surface area (Å²) < 4.78 is 4.74. The molecular formula is C8H19N4O2+. The minimum absolute atomic E-state index is 0.176. The zero-order valence-corrected chi connectivity index (χ0v) is 8.45. The van der Waals surface area contributed by atoms with Gasteiger partial charge in [-0.1, -0.05) is 0 Å². The van der Waals surface area contributed by atoms with Crippen LogP contribution < -0.4 is 22.2 Å². The molecule has 0 aliphatic carbocycles. The maximum atomic E-state index is 11.0. The van der Waals surface area contributed by atoms with Gasteiger partial charge in [-0.3, -0.25) is 21.3 Å². The predicted octanol–water partition coefficient (Wildman–Crippen LogP) is -2.99. The number of hydrogen-bond donors (Lipinski definition) is 4. The Morgan fingerprint density at radius 2 is 2.14 bits per heavy atom. The van der Waals surface area contributed by atoms with E-state index in [-0.39, 0.29) is 11.9 Å². The summed E-state index contributed by atoms with van der Waals surface area (Å²) in [6.07, 6.45) is 1.27. The molecule has 0 saturated carbocycles. The fourth-order valence-corrected chi connectivity index (χ4v) is 0.922. The molecule has 6 heteroatoms. The second-order valence-corrected chi connectivity index (χ2v) is 2.88. The molecule has 82 valence electrons. The van der Waals surface area contributed by atoms with Crippen molar-refractivity contribution in [3.05, 3.63) is 0 Å². The number of ether oxygens (including phenoxy) is 1. The van der Waals surface area contributed by atoms with Gasteiger partial charge in [0.2, 0.25) is 0 Å². The first kappa shape index (κ1) is 12.7. The second-order valence-electron chi connectivity index (χ2n) is 2.88. The molecule has 0 bridgehead atoms. The molecule has 0 aromatic carbocycles. The van der Waals surface area contributed by atoms with Gasteiger partial charge in [0.1, 0.15) is 6.04 Å². The topological polar surface area (TPSA) is 118 Å².